The van der Waals surface area contributed by atoms with Gasteiger partial charge in [-0.2, -0.15) is 4.68 Å². The summed E-state index contributed by atoms with van der Waals surface area (Å²) in [5.74, 6) is -1.34. The van der Waals surface area contributed by atoms with E-state index in [2.05, 4.69) is 10.4 Å². The van der Waals surface area contributed by atoms with Crippen LogP contribution in [0.2, 0.25) is 0 Å². The van der Waals surface area contributed by atoms with Crippen molar-refractivity contribution in [3.8, 4) is 0 Å². The quantitative estimate of drug-likeness (QED) is 0.456. The van der Waals surface area contributed by atoms with E-state index in [9.17, 15) is 23.3 Å². The fourth-order valence-corrected chi connectivity index (χ4v) is 2.15. The fraction of sp³-hybridized carbons (Fsp3) is 0.500. The van der Waals surface area contributed by atoms with Crippen LogP contribution in [0.1, 0.15) is 13.3 Å². The fourth-order valence-electron chi connectivity index (χ4n) is 1.24. The average Bonchev–Trinajstić information content (AvgIpc) is 2.70. The van der Waals surface area contributed by atoms with E-state index in [1.807, 2.05) is 6.92 Å². The van der Waals surface area contributed by atoms with Gasteiger partial charge in [-0.15, -0.1) is 0 Å². The molecule has 1 amide bonds. The smallest absolute Gasteiger partial charge is 0.358 e. The maximum absolute atomic E-state index is 11.4. The van der Waals surface area contributed by atoms with Crippen molar-refractivity contribution in [1.82, 2.24) is 15.1 Å². The largest absolute Gasteiger partial charge is 0.410 e. The van der Waals surface area contributed by atoms with Gasteiger partial charge in [-0.25, -0.2) is 8.42 Å². The Morgan fingerprint density at radius 1 is 1.63 bits per heavy atom. The predicted octanol–water partition coefficient (Wildman–Crippen LogP) is 0.245. The molecule has 0 fully saturated rings. The van der Waals surface area contributed by atoms with E-state index in [1.165, 1.54) is 0 Å². The zero-order chi connectivity index (χ0) is 14.6. The summed E-state index contributed by atoms with van der Waals surface area (Å²) >= 11 is 0. The van der Waals surface area contributed by atoms with Crippen LogP contribution in [0.3, 0.4) is 0 Å². The number of hydrogen-bond acceptors (Lipinski definition) is 6. The summed E-state index contributed by atoms with van der Waals surface area (Å²) in [6, 6.07) is 0. The molecular weight excluding hydrogens is 300 g/mol. The molecule has 0 spiro atoms. The maximum Gasteiger partial charge on any atom is 0.410 e. The molecule has 0 radical (unpaired) electrons. The summed E-state index contributed by atoms with van der Waals surface area (Å²) in [7, 11) is 0.760. The molecule has 1 N–H and O–H groups in total. The number of nitro groups is 1. The zero-order valence-electron chi connectivity index (χ0n) is 9.87. The number of carbonyl (C=O) groups is 1. The van der Waals surface area contributed by atoms with E-state index in [4.69, 9.17) is 10.7 Å². The molecule has 0 bridgehead atoms. The van der Waals surface area contributed by atoms with Crippen molar-refractivity contribution in [2.24, 2.45) is 0 Å². The first-order valence-corrected chi connectivity index (χ1v) is 7.49. The first kappa shape index (κ1) is 15.4. The second kappa shape index (κ2) is 5.97. The van der Waals surface area contributed by atoms with Crippen LogP contribution < -0.4 is 5.32 Å². The summed E-state index contributed by atoms with van der Waals surface area (Å²) in [4.78, 5) is 20.3. The molecule has 19 heavy (non-hydrogen) atoms. The first-order valence-electron chi connectivity index (χ1n) is 5.19. The Morgan fingerprint density at radius 2 is 2.26 bits per heavy atom. The van der Waals surface area contributed by atoms with Crippen molar-refractivity contribution in [1.29, 1.82) is 0 Å². The van der Waals surface area contributed by atoms with Gasteiger partial charge in [0.1, 0.15) is 6.54 Å². The van der Waals surface area contributed by atoms with Gasteiger partial charge in [0.25, 0.3) is 9.05 Å². The molecule has 1 aromatic rings. The van der Waals surface area contributed by atoms with Crippen LogP contribution in [0.5, 0.6) is 0 Å². The highest BCUT2D eigenvalue weighted by atomic mass is 35.7. The van der Waals surface area contributed by atoms with Gasteiger partial charge in [0, 0.05) is 17.2 Å². The van der Waals surface area contributed by atoms with Crippen LogP contribution in [0.4, 0.5) is 5.82 Å². The van der Waals surface area contributed by atoms with Gasteiger partial charge in [-0.05, 0) is 11.3 Å². The number of aromatic nitrogens is 2. The number of hydrogen-bond donors (Lipinski definition) is 1. The van der Waals surface area contributed by atoms with E-state index in [0.29, 0.717) is 6.54 Å². The Morgan fingerprint density at radius 3 is 2.68 bits per heavy atom. The molecule has 0 saturated heterocycles. The zero-order valence-corrected chi connectivity index (χ0v) is 11.4. The molecule has 0 unspecified atom stereocenters. The van der Waals surface area contributed by atoms with Gasteiger partial charge in [0.15, 0.2) is 0 Å². The first-order chi connectivity index (χ1) is 8.75. The Hall–Kier alpha value is -1.68. The summed E-state index contributed by atoms with van der Waals surface area (Å²) in [5, 5.41) is 16.6. The summed E-state index contributed by atoms with van der Waals surface area (Å²) in [6.45, 7) is 1.98. The van der Waals surface area contributed by atoms with Crippen molar-refractivity contribution < 1.29 is 18.1 Å². The molecule has 1 aromatic heterocycles. The van der Waals surface area contributed by atoms with Crippen LogP contribution in [0.25, 0.3) is 0 Å². The highest BCUT2D eigenvalue weighted by Gasteiger charge is 2.30. The lowest BCUT2D eigenvalue weighted by atomic mass is 10.4. The van der Waals surface area contributed by atoms with Crippen LogP contribution in [0.15, 0.2) is 11.1 Å². The standard InChI is InChI=1S/C8H11ClN4O5S/c1-2-3-10-7(14)5-12-4-6(19(9,17)18)8(11-12)13(15)16/h4H,2-3,5H2,1H3,(H,10,14). The van der Waals surface area contributed by atoms with Crippen molar-refractivity contribution in [2.75, 3.05) is 6.54 Å². The van der Waals surface area contributed by atoms with Gasteiger partial charge < -0.3 is 15.4 Å². The second-order valence-electron chi connectivity index (χ2n) is 3.56. The molecule has 0 aromatic carbocycles. The number of amides is 1. The highest BCUT2D eigenvalue weighted by Crippen LogP contribution is 2.24. The van der Waals surface area contributed by atoms with Gasteiger partial charge in [-0.1, -0.05) is 6.92 Å². The number of nitrogens with zero attached hydrogens (tertiary/aromatic N) is 3. The summed E-state index contributed by atoms with van der Waals surface area (Å²) in [5.41, 5.74) is 0. The van der Waals surface area contributed by atoms with Crippen molar-refractivity contribution >= 4 is 31.5 Å². The number of halogens is 1. The average molecular weight is 311 g/mol. The van der Waals surface area contributed by atoms with E-state index in [-0.39, 0.29) is 6.54 Å². The van der Waals surface area contributed by atoms with Crippen LogP contribution in [-0.4, -0.2) is 35.6 Å². The molecule has 1 heterocycles. The van der Waals surface area contributed by atoms with Crippen molar-refractivity contribution in [3.05, 3.63) is 16.3 Å². The van der Waals surface area contributed by atoms with Crippen molar-refractivity contribution in [2.45, 2.75) is 24.8 Å². The van der Waals surface area contributed by atoms with Crippen LogP contribution >= 0.6 is 10.7 Å². The lowest BCUT2D eigenvalue weighted by Gasteiger charge is -2.00. The third kappa shape index (κ3) is 4.17. The number of nitrogens with one attached hydrogen (secondary N) is 1. The molecule has 1 rings (SSSR count). The van der Waals surface area contributed by atoms with E-state index >= 15 is 0 Å². The molecule has 106 valence electrons. The Balaban J connectivity index is 2.99. The third-order valence-corrected chi connectivity index (χ3v) is 3.34. The van der Waals surface area contributed by atoms with E-state index in [0.717, 1.165) is 17.3 Å². The Kier molecular flexibility index (Phi) is 4.84. The molecule has 0 atom stereocenters. The Labute approximate surface area is 113 Å². The molecule has 0 aliphatic carbocycles. The molecule has 9 nitrogen and oxygen atoms in total. The summed E-state index contributed by atoms with van der Waals surface area (Å²) < 4.78 is 23.1. The van der Waals surface area contributed by atoms with Crippen LogP contribution in [-0.2, 0) is 20.4 Å². The van der Waals surface area contributed by atoms with Gasteiger partial charge >= 0.3 is 5.82 Å². The molecule has 0 saturated carbocycles. The summed E-state index contributed by atoms with van der Waals surface area (Å²) in [6.07, 6.45) is 1.58. The molecule has 0 aliphatic heterocycles. The normalized spacial score (nSPS) is 11.3. The van der Waals surface area contributed by atoms with E-state index in [1.54, 1.807) is 0 Å². The van der Waals surface area contributed by atoms with Crippen molar-refractivity contribution in [3.63, 3.8) is 0 Å². The minimum atomic E-state index is -4.29. The monoisotopic (exact) mass is 310 g/mol. The third-order valence-electron chi connectivity index (χ3n) is 2.02. The minimum absolute atomic E-state index is 0.326. The lowest BCUT2D eigenvalue weighted by Crippen LogP contribution is -2.28. The second-order valence-corrected chi connectivity index (χ2v) is 6.09. The highest BCUT2D eigenvalue weighted by molar-refractivity contribution is 8.13. The van der Waals surface area contributed by atoms with Gasteiger partial charge in [0.2, 0.25) is 10.8 Å². The number of carbonyl (C=O) groups excluding carboxylic acids is 1. The maximum atomic E-state index is 11.4. The lowest BCUT2D eigenvalue weighted by molar-refractivity contribution is -0.392. The molecule has 0 aliphatic rings. The van der Waals surface area contributed by atoms with Crippen LogP contribution in [0, 0.1) is 10.1 Å². The Bertz CT molecular complexity index is 596. The van der Waals surface area contributed by atoms with E-state index < -0.39 is 30.6 Å². The van der Waals surface area contributed by atoms with Gasteiger partial charge in [-0.3, -0.25) is 4.79 Å². The molecule has 11 heteroatoms. The predicted molar refractivity (Wildman–Crippen MR) is 65.2 cm³/mol. The number of rotatable bonds is 6. The molecular formula is C8H11ClN4O5S. The SMILES string of the molecule is CCCNC(=O)Cn1cc(S(=O)(=O)Cl)c([N+](=O)[O-])n1. The topological polar surface area (TPSA) is 124 Å². The minimum Gasteiger partial charge on any atom is -0.358 e. The van der Waals surface area contributed by atoms with Gasteiger partial charge in [0.05, 0.1) is 11.3 Å².